The highest BCUT2D eigenvalue weighted by atomic mass is 32.2. The van der Waals surface area contributed by atoms with Crippen molar-refractivity contribution in [2.45, 2.75) is 55.9 Å². The molecule has 5 nitrogen and oxygen atoms in total. The van der Waals surface area contributed by atoms with E-state index in [0.29, 0.717) is 24.1 Å². The van der Waals surface area contributed by atoms with E-state index in [1.165, 1.54) is 6.07 Å². The van der Waals surface area contributed by atoms with E-state index < -0.39 is 15.6 Å². The van der Waals surface area contributed by atoms with Gasteiger partial charge in [-0.05, 0) is 37.5 Å². The molecule has 4 N–H and O–H groups in total. The Hall–Kier alpha value is -1.11. The van der Waals surface area contributed by atoms with Crippen LogP contribution in [0.25, 0.3) is 0 Å². The number of anilines is 1. The highest BCUT2D eigenvalue weighted by Crippen LogP contribution is 2.27. The van der Waals surface area contributed by atoms with Crippen LogP contribution in [0.3, 0.4) is 0 Å². The van der Waals surface area contributed by atoms with Gasteiger partial charge < -0.3 is 10.8 Å². The van der Waals surface area contributed by atoms with Crippen molar-refractivity contribution in [1.82, 2.24) is 4.72 Å². The van der Waals surface area contributed by atoms with Crippen molar-refractivity contribution >= 4 is 15.7 Å². The molecule has 6 heteroatoms. The fraction of sp³-hybridized carbons (Fsp3) is 0.600. The van der Waals surface area contributed by atoms with E-state index in [1.807, 2.05) is 0 Å². The number of hydrogen-bond donors (Lipinski definition) is 3. The average molecular weight is 312 g/mol. The van der Waals surface area contributed by atoms with Crippen LogP contribution in [0.4, 0.5) is 5.69 Å². The van der Waals surface area contributed by atoms with E-state index in [4.69, 9.17) is 5.73 Å². The standard InChI is InChI=1S/C15H24N2O3S/c1-12-13(16)7-6-8-14(12)21(19,20)17-11-15(18)9-4-2-3-5-10-15/h6-8,17-18H,2-5,9-11,16H2,1H3. The molecular weight excluding hydrogens is 288 g/mol. The third-order valence-corrected chi connectivity index (χ3v) is 5.79. The highest BCUT2D eigenvalue weighted by molar-refractivity contribution is 7.89. The molecule has 1 saturated carbocycles. The van der Waals surface area contributed by atoms with E-state index >= 15 is 0 Å². The lowest BCUT2D eigenvalue weighted by Crippen LogP contribution is -2.42. The summed E-state index contributed by atoms with van der Waals surface area (Å²) in [6, 6.07) is 4.83. The summed E-state index contributed by atoms with van der Waals surface area (Å²) in [6.45, 7) is 1.74. The lowest BCUT2D eigenvalue weighted by atomic mass is 9.95. The van der Waals surface area contributed by atoms with Crippen LogP contribution in [0, 0.1) is 6.92 Å². The fourth-order valence-electron chi connectivity index (χ4n) is 2.79. The first-order valence-electron chi connectivity index (χ1n) is 7.41. The van der Waals surface area contributed by atoms with Gasteiger partial charge in [-0.1, -0.05) is 31.7 Å². The summed E-state index contributed by atoms with van der Waals surface area (Å²) in [5.41, 5.74) is 5.82. The number of nitrogens with two attached hydrogens (primary N) is 1. The monoisotopic (exact) mass is 312 g/mol. The van der Waals surface area contributed by atoms with Crippen LogP contribution in [0.15, 0.2) is 23.1 Å². The SMILES string of the molecule is Cc1c(N)cccc1S(=O)(=O)NCC1(O)CCCCCC1. The number of nitrogens with one attached hydrogen (secondary N) is 1. The summed E-state index contributed by atoms with van der Waals surface area (Å²) in [6.07, 6.45) is 5.37. The zero-order chi connectivity index (χ0) is 15.5. The summed E-state index contributed by atoms with van der Waals surface area (Å²) in [4.78, 5) is 0.180. The Morgan fingerprint density at radius 3 is 2.48 bits per heavy atom. The van der Waals surface area contributed by atoms with Crippen LogP contribution in [0.5, 0.6) is 0 Å². The number of benzene rings is 1. The molecule has 118 valence electrons. The second kappa shape index (κ2) is 6.34. The predicted molar refractivity (Wildman–Crippen MR) is 83.4 cm³/mol. The normalized spacial score (nSPS) is 19.1. The largest absolute Gasteiger partial charge is 0.398 e. The zero-order valence-corrected chi connectivity index (χ0v) is 13.2. The molecule has 0 bridgehead atoms. The molecule has 1 aliphatic carbocycles. The van der Waals surface area contributed by atoms with E-state index in [1.54, 1.807) is 19.1 Å². The molecule has 21 heavy (non-hydrogen) atoms. The quantitative estimate of drug-likeness (QED) is 0.585. The van der Waals surface area contributed by atoms with Crippen LogP contribution in [0.1, 0.15) is 44.1 Å². The Balaban J connectivity index is 2.12. The maximum Gasteiger partial charge on any atom is 0.241 e. The van der Waals surface area contributed by atoms with Crippen LogP contribution in [-0.4, -0.2) is 25.7 Å². The molecule has 1 aromatic carbocycles. The molecule has 2 rings (SSSR count). The van der Waals surface area contributed by atoms with Gasteiger partial charge in [0.1, 0.15) is 0 Å². The third-order valence-electron chi connectivity index (χ3n) is 4.24. The maximum absolute atomic E-state index is 12.4. The van der Waals surface area contributed by atoms with Crippen molar-refractivity contribution in [3.63, 3.8) is 0 Å². The van der Waals surface area contributed by atoms with Gasteiger partial charge in [-0.15, -0.1) is 0 Å². The van der Waals surface area contributed by atoms with Gasteiger partial charge in [0, 0.05) is 12.2 Å². The molecular formula is C15H24N2O3S. The number of aliphatic hydroxyl groups is 1. The topological polar surface area (TPSA) is 92.4 Å². The predicted octanol–water partition coefficient (Wildman–Crippen LogP) is 1.94. The average Bonchev–Trinajstić information content (AvgIpc) is 2.65. The molecule has 1 aromatic rings. The molecule has 0 saturated heterocycles. The number of nitrogen functional groups attached to an aromatic ring is 1. The lowest BCUT2D eigenvalue weighted by Gasteiger charge is -2.27. The van der Waals surface area contributed by atoms with Gasteiger partial charge in [-0.3, -0.25) is 0 Å². The van der Waals surface area contributed by atoms with Crippen LogP contribution >= 0.6 is 0 Å². The van der Waals surface area contributed by atoms with Crippen molar-refractivity contribution in [2.75, 3.05) is 12.3 Å². The minimum absolute atomic E-state index is 0.0591. The Morgan fingerprint density at radius 2 is 1.86 bits per heavy atom. The summed E-state index contributed by atoms with van der Waals surface area (Å²) in [5, 5.41) is 10.5. The smallest absolute Gasteiger partial charge is 0.241 e. The van der Waals surface area contributed by atoms with Crippen molar-refractivity contribution < 1.29 is 13.5 Å². The molecule has 0 radical (unpaired) electrons. The van der Waals surface area contributed by atoms with E-state index in [0.717, 1.165) is 25.7 Å². The minimum Gasteiger partial charge on any atom is -0.398 e. The fourth-order valence-corrected chi connectivity index (χ4v) is 4.19. The number of rotatable bonds is 4. The molecule has 0 amide bonds. The first-order chi connectivity index (χ1) is 9.84. The molecule has 0 heterocycles. The zero-order valence-electron chi connectivity index (χ0n) is 12.4. The van der Waals surface area contributed by atoms with Gasteiger partial charge >= 0.3 is 0 Å². The van der Waals surface area contributed by atoms with Gasteiger partial charge in [0.25, 0.3) is 0 Å². The van der Waals surface area contributed by atoms with E-state index in [9.17, 15) is 13.5 Å². The minimum atomic E-state index is -3.65. The van der Waals surface area contributed by atoms with Gasteiger partial charge in [0.05, 0.1) is 10.5 Å². The number of hydrogen-bond acceptors (Lipinski definition) is 4. The van der Waals surface area contributed by atoms with Crippen molar-refractivity contribution in [2.24, 2.45) is 0 Å². The second-order valence-corrected chi connectivity index (χ2v) is 7.67. The summed E-state index contributed by atoms with van der Waals surface area (Å²) in [5.74, 6) is 0. The molecule has 0 aromatic heterocycles. The molecule has 1 fully saturated rings. The molecule has 0 spiro atoms. The van der Waals surface area contributed by atoms with Crippen molar-refractivity contribution in [3.05, 3.63) is 23.8 Å². The first-order valence-corrected chi connectivity index (χ1v) is 8.90. The Bertz CT molecular complexity index is 591. The Morgan fingerprint density at radius 1 is 1.24 bits per heavy atom. The van der Waals surface area contributed by atoms with Crippen LogP contribution < -0.4 is 10.5 Å². The first kappa shape index (κ1) is 16.3. The molecule has 0 unspecified atom stereocenters. The van der Waals surface area contributed by atoms with E-state index in [2.05, 4.69) is 4.72 Å². The molecule has 0 aliphatic heterocycles. The van der Waals surface area contributed by atoms with Crippen molar-refractivity contribution in [3.8, 4) is 0 Å². The Labute approximate surface area is 126 Å². The molecule has 0 atom stereocenters. The Kier molecular flexibility index (Phi) is 4.91. The number of sulfonamides is 1. The van der Waals surface area contributed by atoms with Crippen molar-refractivity contribution in [1.29, 1.82) is 0 Å². The van der Waals surface area contributed by atoms with Gasteiger partial charge in [-0.25, -0.2) is 13.1 Å². The summed E-state index contributed by atoms with van der Waals surface area (Å²) < 4.78 is 27.3. The summed E-state index contributed by atoms with van der Waals surface area (Å²) >= 11 is 0. The van der Waals surface area contributed by atoms with Gasteiger partial charge in [0.15, 0.2) is 0 Å². The second-order valence-electron chi connectivity index (χ2n) is 5.93. The lowest BCUT2D eigenvalue weighted by molar-refractivity contribution is 0.0303. The maximum atomic E-state index is 12.4. The van der Waals surface area contributed by atoms with Crippen LogP contribution in [0.2, 0.25) is 0 Å². The van der Waals surface area contributed by atoms with Crippen LogP contribution in [-0.2, 0) is 10.0 Å². The van der Waals surface area contributed by atoms with Gasteiger partial charge in [0.2, 0.25) is 10.0 Å². The van der Waals surface area contributed by atoms with Gasteiger partial charge in [-0.2, -0.15) is 0 Å². The summed E-state index contributed by atoms with van der Waals surface area (Å²) in [7, 11) is -3.65. The highest BCUT2D eigenvalue weighted by Gasteiger charge is 2.30. The molecule has 1 aliphatic rings. The van der Waals surface area contributed by atoms with E-state index in [-0.39, 0.29) is 11.4 Å². The third kappa shape index (κ3) is 3.96.